The zero-order valence-corrected chi connectivity index (χ0v) is 9.14. The summed E-state index contributed by atoms with van der Waals surface area (Å²) >= 11 is 5.71. The first-order chi connectivity index (χ1) is 6.20. The summed E-state index contributed by atoms with van der Waals surface area (Å²) in [6, 6.07) is 0. The Hall–Kier alpha value is -0.0900. The lowest BCUT2D eigenvalue weighted by Gasteiger charge is -2.20. The average Bonchev–Trinajstić information content (AvgIpc) is 2.09. The molecule has 0 heterocycles. The summed E-state index contributed by atoms with van der Waals surface area (Å²) in [5, 5.41) is 0.646. The van der Waals surface area contributed by atoms with E-state index >= 15 is 0 Å². The van der Waals surface area contributed by atoms with E-state index in [4.69, 9.17) is 21.1 Å². The van der Waals surface area contributed by atoms with Crippen LogP contribution in [0.4, 0.5) is 0 Å². The molecule has 0 aliphatic carbocycles. The third-order valence-corrected chi connectivity index (χ3v) is 1.74. The summed E-state index contributed by atoms with van der Waals surface area (Å²) in [5.41, 5.74) is 0. The van der Waals surface area contributed by atoms with Crippen LogP contribution in [0, 0.1) is 0 Å². The lowest BCUT2D eigenvalue weighted by atomic mass is 10.4. The van der Waals surface area contributed by atoms with Gasteiger partial charge in [-0.2, -0.15) is 0 Å². The maximum Gasteiger partial charge on any atom is 0.0589 e. The molecule has 0 N–H and O–H groups in total. The second kappa shape index (κ2) is 8.51. The van der Waals surface area contributed by atoms with Crippen LogP contribution in [-0.2, 0) is 9.47 Å². The number of hydrogen-bond acceptors (Lipinski definition) is 3. The molecule has 0 atom stereocenters. The van der Waals surface area contributed by atoms with Crippen molar-refractivity contribution in [3.05, 3.63) is 11.6 Å². The van der Waals surface area contributed by atoms with Gasteiger partial charge in [0, 0.05) is 38.9 Å². The number of ether oxygens (including phenoxy) is 2. The molecule has 0 spiro atoms. The molecule has 0 aliphatic heterocycles. The molecule has 0 aromatic carbocycles. The molecule has 0 fully saturated rings. The molecule has 4 heteroatoms. The molecule has 0 aliphatic rings. The van der Waals surface area contributed by atoms with Gasteiger partial charge in [-0.15, -0.1) is 0 Å². The van der Waals surface area contributed by atoms with Gasteiger partial charge in [0.05, 0.1) is 13.2 Å². The van der Waals surface area contributed by atoms with Crippen LogP contribution in [0.15, 0.2) is 11.6 Å². The summed E-state index contributed by atoms with van der Waals surface area (Å²) in [6.07, 6.45) is 0. The minimum Gasteiger partial charge on any atom is -0.383 e. The summed E-state index contributed by atoms with van der Waals surface area (Å²) in [4.78, 5) is 2.14. The molecule has 0 unspecified atom stereocenters. The van der Waals surface area contributed by atoms with Gasteiger partial charge in [0.1, 0.15) is 0 Å². The highest BCUT2D eigenvalue weighted by atomic mass is 35.5. The molecule has 13 heavy (non-hydrogen) atoms. The van der Waals surface area contributed by atoms with E-state index in [2.05, 4.69) is 11.5 Å². The van der Waals surface area contributed by atoms with Gasteiger partial charge in [-0.05, 0) is 0 Å². The predicted octanol–water partition coefficient (Wildman–Crippen LogP) is 1.33. The Balaban J connectivity index is 3.66. The zero-order valence-electron chi connectivity index (χ0n) is 8.38. The van der Waals surface area contributed by atoms with Crippen LogP contribution in [0.1, 0.15) is 0 Å². The van der Waals surface area contributed by atoms with Crippen molar-refractivity contribution < 1.29 is 9.47 Å². The van der Waals surface area contributed by atoms with Crippen LogP contribution < -0.4 is 0 Å². The lowest BCUT2D eigenvalue weighted by Crippen LogP contribution is -2.31. The Morgan fingerprint density at radius 3 is 2.00 bits per heavy atom. The van der Waals surface area contributed by atoms with E-state index in [1.54, 1.807) is 14.2 Å². The molecule has 0 saturated heterocycles. The highest BCUT2D eigenvalue weighted by molar-refractivity contribution is 6.29. The maximum atomic E-state index is 5.71. The first kappa shape index (κ1) is 12.9. The molecule has 0 amide bonds. The normalized spacial score (nSPS) is 10.8. The zero-order chi connectivity index (χ0) is 10.1. The second-order valence-electron chi connectivity index (χ2n) is 2.78. The van der Waals surface area contributed by atoms with Crippen molar-refractivity contribution >= 4 is 11.6 Å². The maximum absolute atomic E-state index is 5.71. The standard InChI is InChI=1S/C9H18ClNO2/c1-9(10)8-11(4-6-12-2)5-7-13-3/h1,4-8H2,2-3H3. The van der Waals surface area contributed by atoms with Gasteiger partial charge >= 0.3 is 0 Å². The fourth-order valence-corrected chi connectivity index (χ4v) is 1.12. The number of hydrogen-bond donors (Lipinski definition) is 0. The minimum absolute atomic E-state index is 0.646. The quantitative estimate of drug-likeness (QED) is 0.600. The van der Waals surface area contributed by atoms with Crippen LogP contribution in [0.3, 0.4) is 0 Å². The second-order valence-corrected chi connectivity index (χ2v) is 3.31. The van der Waals surface area contributed by atoms with Crippen molar-refractivity contribution in [2.75, 3.05) is 47.1 Å². The van der Waals surface area contributed by atoms with Gasteiger partial charge in [0.2, 0.25) is 0 Å². The van der Waals surface area contributed by atoms with Crippen molar-refractivity contribution in [1.29, 1.82) is 0 Å². The third kappa shape index (κ3) is 8.25. The van der Waals surface area contributed by atoms with Gasteiger partial charge in [0.25, 0.3) is 0 Å². The Kier molecular flexibility index (Phi) is 8.45. The summed E-state index contributed by atoms with van der Waals surface area (Å²) < 4.78 is 9.96. The predicted molar refractivity (Wildman–Crippen MR) is 55.2 cm³/mol. The van der Waals surface area contributed by atoms with Gasteiger partial charge < -0.3 is 9.47 Å². The van der Waals surface area contributed by atoms with E-state index in [1.807, 2.05) is 0 Å². The highest BCUT2D eigenvalue weighted by Gasteiger charge is 2.04. The molecular weight excluding hydrogens is 190 g/mol. The first-order valence-electron chi connectivity index (χ1n) is 4.24. The van der Waals surface area contributed by atoms with Crippen molar-refractivity contribution in [3.63, 3.8) is 0 Å². The summed E-state index contributed by atoms with van der Waals surface area (Å²) in [6.45, 7) is 7.45. The van der Waals surface area contributed by atoms with E-state index in [0.29, 0.717) is 24.8 Å². The molecular formula is C9H18ClNO2. The smallest absolute Gasteiger partial charge is 0.0589 e. The van der Waals surface area contributed by atoms with Crippen LogP contribution in [0.2, 0.25) is 0 Å². The Morgan fingerprint density at radius 1 is 1.23 bits per heavy atom. The van der Waals surface area contributed by atoms with E-state index in [9.17, 15) is 0 Å². The fourth-order valence-electron chi connectivity index (χ4n) is 0.953. The van der Waals surface area contributed by atoms with Crippen molar-refractivity contribution in [2.24, 2.45) is 0 Å². The van der Waals surface area contributed by atoms with Gasteiger partial charge in [-0.1, -0.05) is 18.2 Å². The molecule has 0 rings (SSSR count). The summed E-state index contributed by atoms with van der Waals surface area (Å²) in [5.74, 6) is 0. The number of nitrogens with zero attached hydrogens (tertiary/aromatic N) is 1. The Morgan fingerprint density at radius 2 is 1.69 bits per heavy atom. The molecule has 3 nitrogen and oxygen atoms in total. The molecule has 0 aromatic rings. The SMILES string of the molecule is C=C(Cl)CN(CCOC)CCOC. The number of halogens is 1. The van der Waals surface area contributed by atoms with Crippen LogP contribution >= 0.6 is 11.6 Å². The van der Waals surface area contributed by atoms with Crippen LogP contribution in [-0.4, -0.2) is 52.0 Å². The highest BCUT2D eigenvalue weighted by Crippen LogP contribution is 2.00. The van der Waals surface area contributed by atoms with Gasteiger partial charge in [0.15, 0.2) is 0 Å². The van der Waals surface area contributed by atoms with Crippen molar-refractivity contribution in [3.8, 4) is 0 Å². The van der Waals surface area contributed by atoms with E-state index in [-0.39, 0.29) is 0 Å². The van der Waals surface area contributed by atoms with Gasteiger partial charge in [-0.3, -0.25) is 4.90 Å². The van der Waals surface area contributed by atoms with Crippen LogP contribution in [0.5, 0.6) is 0 Å². The molecule has 0 radical (unpaired) electrons. The number of methoxy groups -OCH3 is 2. The molecule has 0 saturated carbocycles. The van der Waals surface area contributed by atoms with E-state index in [0.717, 1.165) is 13.1 Å². The first-order valence-corrected chi connectivity index (χ1v) is 4.62. The van der Waals surface area contributed by atoms with Crippen molar-refractivity contribution in [2.45, 2.75) is 0 Å². The van der Waals surface area contributed by atoms with Gasteiger partial charge in [-0.25, -0.2) is 0 Å². The fraction of sp³-hybridized carbons (Fsp3) is 0.778. The molecule has 78 valence electrons. The minimum atomic E-state index is 0.646. The third-order valence-electron chi connectivity index (χ3n) is 1.62. The molecule has 0 bridgehead atoms. The Labute approximate surface area is 85.3 Å². The average molecular weight is 208 g/mol. The number of rotatable bonds is 8. The van der Waals surface area contributed by atoms with E-state index in [1.165, 1.54) is 0 Å². The summed E-state index contributed by atoms with van der Waals surface area (Å²) in [7, 11) is 3.37. The molecule has 0 aromatic heterocycles. The Bertz CT molecular complexity index is 134. The monoisotopic (exact) mass is 207 g/mol. The van der Waals surface area contributed by atoms with E-state index < -0.39 is 0 Å². The topological polar surface area (TPSA) is 21.7 Å². The van der Waals surface area contributed by atoms with Crippen molar-refractivity contribution in [1.82, 2.24) is 4.90 Å². The largest absolute Gasteiger partial charge is 0.383 e. The van der Waals surface area contributed by atoms with Crippen LogP contribution in [0.25, 0.3) is 0 Å². The lowest BCUT2D eigenvalue weighted by molar-refractivity contribution is 0.120.